The van der Waals surface area contributed by atoms with E-state index in [0.717, 1.165) is 16.8 Å². The lowest BCUT2D eigenvalue weighted by molar-refractivity contribution is 0.0788. The van der Waals surface area contributed by atoms with E-state index in [0.29, 0.717) is 18.5 Å². The molecule has 1 N–H and O–H groups in total. The zero-order chi connectivity index (χ0) is 13.1. The second kappa shape index (κ2) is 5.61. The first-order chi connectivity index (χ1) is 8.56. The molecule has 0 atom stereocenters. The number of hydrogen-bond acceptors (Lipinski definition) is 3. The number of aromatic nitrogens is 1. The molecule has 1 heterocycles. The molecule has 3 nitrogen and oxygen atoms in total. The molecule has 0 spiro atoms. The number of alkyl halides is 2. The van der Waals surface area contributed by atoms with E-state index < -0.39 is 13.0 Å². The number of nitrogens with zero attached hydrogens (tertiary/aromatic N) is 1. The van der Waals surface area contributed by atoms with Crippen molar-refractivity contribution in [2.45, 2.75) is 45.7 Å². The predicted octanol–water partition coefficient (Wildman–Crippen LogP) is 2.59. The summed E-state index contributed by atoms with van der Waals surface area (Å²) >= 11 is 0. The van der Waals surface area contributed by atoms with Crippen molar-refractivity contribution in [1.82, 2.24) is 10.3 Å². The molecule has 1 saturated carbocycles. The maximum Gasteiger partial charge on any atom is 0.272 e. The number of aryl methyl sites for hydroxylation is 2. The molecule has 0 saturated heterocycles. The third kappa shape index (κ3) is 3.63. The average molecular weight is 256 g/mol. The molecule has 1 fully saturated rings. The highest BCUT2D eigenvalue weighted by atomic mass is 19.3. The molecule has 18 heavy (non-hydrogen) atoms. The van der Waals surface area contributed by atoms with Crippen LogP contribution in [-0.2, 0) is 6.54 Å². The van der Waals surface area contributed by atoms with E-state index in [9.17, 15) is 8.78 Å². The average Bonchev–Trinajstić information content (AvgIpc) is 3.08. The Bertz CT molecular complexity index is 420. The Labute approximate surface area is 106 Å². The monoisotopic (exact) mass is 256 g/mol. The Morgan fingerprint density at radius 3 is 2.78 bits per heavy atom. The molecule has 1 aromatic heterocycles. The van der Waals surface area contributed by atoms with E-state index in [1.807, 2.05) is 19.9 Å². The summed E-state index contributed by atoms with van der Waals surface area (Å²) in [6, 6.07) is 2.51. The molecular formula is C13H18F2N2O. The fourth-order valence-electron chi connectivity index (χ4n) is 1.84. The second-order valence-electron chi connectivity index (χ2n) is 4.72. The maximum absolute atomic E-state index is 12.2. The molecule has 0 unspecified atom stereocenters. The Kier molecular flexibility index (Phi) is 4.11. The smallest absolute Gasteiger partial charge is 0.272 e. The van der Waals surface area contributed by atoms with Crippen molar-refractivity contribution in [2.24, 2.45) is 0 Å². The van der Waals surface area contributed by atoms with Crippen LogP contribution in [0.2, 0.25) is 0 Å². The molecule has 1 aromatic rings. The van der Waals surface area contributed by atoms with Crippen LogP contribution in [0.25, 0.3) is 0 Å². The van der Waals surface area contributed by atoms with Gasteiger partial charge in [0.15, 0.2) is 6.61 Å². The molecule has 2 rings (SSSR count). The van der Waals surface area contributed by atoms with Crippen LogP contribution >= 0.6 is 0 Å². The highest BCUT2D eigenvalue weighted by Gasteiger charge is 2.21. The van der Waals surface area contributed by atoms with Gasteiger partial charge in [0.05, 0.1) is 0 Å². The molecule has 0 radical (unpaired) electrons. The van der Waals surface area contributed by atoms with Gasteiger partial charge in [-0.3, -0.25) is 0 Å². The highest BCUT2D eigenvalue weighted by molar-refractivity contribution is 5.36. The van der Waals surface area contributed by atoms with Crippen LogP contribution in [-0.4, -0.2) is 24.1 Å². The summed E-state index contributed by atoms with van der Waals surface area (Å²) in [6.07, 6.45) is -0.103. The fraction of sp³-hybridized carbons (Fsp3) is 0.615. The molecule has 0 bridgehead atoms. The van der Waals surface area contributed by atoms with Gasteiger partial charge >= 0.3 is 0 Å². The van der Waals surface area contributed by atoms with Gasteiger partial charge in [-0.2, -0.15) is 0 Å². The summed E-state index contributed by atoms with van der Waals surface area (Å²) in [6.45, 7) is 3.81. The number of nitrogens with one attached hydrogen (secondary N) is 1. The van der Waals surface area contributed by atoms with Gasteiger partial charge in [0, 0.05) is 23.8 Å². The van der Waals surface area contributed by atoms with Gasteiger partial charge in [-0.05, 0) is 38.3 Å². The number of ether oxygens (including phenoxy) is 1. The quantitative estimate of drug-likeness (QED) is 0.849. The summed E-state index contributed by atoms with van der Waals surface area (Å²) in [4.78, 5) is 4.21. The van der Waals surface area contributed by atoms with Gasteiger partial charge in [0.1, 0.15) is 0 Å². The van der Waals surface area contributed by atoms with Crippen LogP contribution in [0.3, 0.4) is 0 Å². The normalized spacial score (nSPS) is 15.2. The van der Waals surface area contributed by atoms with Crippen molar-refractivity contribution in [2.75, 3.05) is 6.61 Å². The third-order valence-corrected chi connectivity index (χ3v) is 2.93. The molecule has 1 aliphatic rings. The molecule has 5 heteroatoms. The SMILES string of the molecule is Cc1cc(C)c(CNC2CC2)c(OCC(F)F)n1. The van der Waals surface area contributed by atoms with Crippen molar-refractivity contribution in [3.63, 3.8) is 0 Å². The van der Waals surface area contributed by atoms with Crippen LogP contribution in [0.15, 0.2) is 6.07 Å². The number of halogens is 2. The van der Waals surface area contributed by atoms with Gasteiger partial charge < -0.3 is 10.1 Å². The van der Waals surface area contributed by atoms with E-state index in [1.54, 1.807) is 0 Å². The minimum atomic E-state index is -2.48. The molecular weight excluding hydrogens is 238 g/mol. The summed E-state index contributed by atoms with van der Waals surface area (Å²) in [5.74, 6) is 0.334. The predicted molar refractivity (Wildman–Crippen MR) is 65.1 cm³/mol. The largest absolute Gasteiger partial charge is 0.471 e. The van der Waals surface area contributed by atoms with Crippen LogP contribution in [0.1, 0.15) is 29.7 Å². The Morgan fingerprint density at radius 1 is 1.44 bits per heavy atom. The lowest BCUT2D eigenvalue weighted by Crippen LogP contribution is -2.18. The van der Waals surface area contributed by atoms with Crippen molar-refractivity contribution >= 4 is 0 Å². The standard InChI is InChI=1S/C13H18F2N2O/c1-8-5-9(2)17-13(18-7-12(14)15)11(8)6-16-10-3-4-10/h5,10,12,16H,3-4,6-7H2,1-2H3. The Hall–Kier alpha value is -1.23. The van der Waals surface area contributed by atoms with E-state index in [2.05, 4.69) is 10.3 Å². The molecule has 1 aliphatic carbocycles. The summed E-state index contributed by atoms with van der Waals surface area (Å²) < 4.78 is 29.5. The van der Waals surface area contributed by atoms with Gasteiger partial charge in [-0.25, -0.2) is 13.8 Å². The number of hydrogen-bond donors (Lipinski definition) is 1. The Balaban J connectivity index is 2.11. The van der Waals surface area contributed by atoms with Crippen LogP contribution in [0.5, 0.6) is 5.88 Å². The minimum Gasteiger partial charge on any atom is -0.471 e. The summed E-state index contributed by atoms with van der Waals surface area (Å²) in [7, 11) is 0. The van der Waals surface area contributed by atoms with E-state index in [4.69, 9.17) is 4.74 Å². The third-order valence-electron chi connectivity index (χ3n) is 2.93. The fourth-order valence-corrected chi connectivity index (χ4v) is 1.84. The maximum atomic E-state index is 12.2. The van der Waals surface area contributed by atoms with Gasteiger partial charge in [-0.1, -0.05) is 0 Å². The zero-order valence-electron chi connectivity index (χ0n) is 10.7. The number of rotatable bonds is 6. The van der Waals surface area contributed by atoms with Crippen molar-refractivity contribution in [3.05, 3.63) is 22.9 Å². The van der Waals surface area contributed by atoms with Crippen LogP contribution < -0.4 is 10.1 Å². The first-order valence-corrected chi connectivity index (χ1v) is 6.17. The molecule has 100 valence electrons. The molecule has 0 aliphatic heterocycles. The zero-order valence-corrected chi connectivity index (χ0v) is 10.7. The minimum absolute atomic E-state index is 0.334. The van der Waals surface area contributed by atoms with E-state index in [1.165, 1.54) is 12.8 Å². The van der Waals surface area contributed by atoms with Gasteiger partial charge in [-0.15, -0.1) is 0 Å². The first-order valence-electron chi connectivity index (χ1n) is 6.17. The van der Waals surface area contributed by atoms with Crippen molar-refractivity contribution < 1.29 is 13.5 Å². The second-order valence-corrected chi connectivity index (χ2v) is 4.72. The lowest BCUT2D eigenvalue weighted by atomic mass is 10.1. The summed E-state index contributed by atoms with van der Waals surface area (Å²) in [5, 5.41) is 3.35. The van der Waals surface area contributed by atoms with E-state index >= 15 is 0 Å². The van der Waals surface area contributed by atoms with Gasteiger partial charge in [0.2, 0.25) is 5.88 Å². The van der Waals surface area contributed by atoms with Crippen LogP contribution in [0.4, 0.5) is 8.78 Å². The van der Waals surface area contributed by atoms with Crippen molar-refractivity contribution in [3.8, 4) is 5.88 Å². The topological polar surface area (TPSA) is 34.1 Å². The van der Waals surface area contributed by atoms with E-state index in [-0.39, 0.29) is 0 Å². The first kappa shape index (κ1) is 13.2. The molecule has 0 aromatic carbocycles. The van der Waals surface area contributed by atoms with Crippen LogP contribution in [0, 0.1) is 13.8 Å². The Morgan fingerprint density at radius 2 is 2.17 bits per heavy atom. The van der Waals surface area contributed by atoms with Crippen molar-refractivity contribution in [1.29, 1.82) is 0 Å². The highest BCUT2D eigenvalue weighted by Crippen LogP contribution is 2.24. The summed E-state index contributed by atoms with van der Waals surface area (Å²) in [5.41, 5.74) is 2.69. The van der Waals surface area contributed by atoms with Gasteiger partial charge in [0.25, 0.3) is 6.43 Å². The lowest BCUT2D eigenvalue weighted by Gasteiger charge is -2.14. The molecule has 0 amide bonds. The number of pyridine rings is 1.